The van der Waals surface area contributed by atoms with Crippen molar-refractivity contribution in [1.29, 1.82) is 0 Å². The first kappa shape index (κ1) is 13.1. The van der Waals surface area contributed by atoms with Gasteiger partial charge in [0.1, 0.15) is 23.7 Å². The number of halogens is 1. The second-order valence-corrected chi connectivity index (χ2v) is 3.91. The zero-order chi connectivity index (χ0) is 13.7. The fourth-order valence-electron chi connectivity index (χ4n) is 1.63. The van der Waals surface area contributed by atoms with Crippen molar-refractivity contribution in [1.82, 2.24) is 0 Å². The predicted octanol–water partition coefficient (Wildman–Crippen LogP) is 3.19. The normalized spacial score (nSPS) is 10.0. The van der Waals surface area contributed by atoms with Gasteiger partial charge in [0.25, 0.3) is 0 Å². The molecule has 0 aliphatic rings. The number of carbonyl (C=O) groups is 1. The minimum Gasteiger partial charge on any atom is -0.488 e. The molecular weight excluding hydrogens is 247 g/mol. The van der Waals surface area contributed by atoms with Crippen LogP contribution in [0.1, 0.15) is 15.9 Å². The van der Waals surface area contributed by atoms with Crippen molar-refractivity contribution in [2.24, 2.45) is 0 Å². The molecule has 0 saturated carbocycles. The first-order valence-corrected chi connectivity index (χ1v) is 5.75. The smallest absolute Gasteiger partial charge is 0.341 e. The van der Waals surface area contributed by atoms with Crippen LogP contribution in [-0.2, 0) is 11.3 Å². The van der Waals surface area contributed by atoms with E-state index in [-0.39, 0.29) is 5.56 Å². The van der Waals surface area contributed by atoms with E-state index in [4.69, 9.17) is 4.74 Å². The minimum atomic E-state index is -0.623. The van der Waals surface area contributed by atoms with Gasteiger partial charge in [0.2, 0.25) is 0 Å². The van der Waals surface area contributed by atoms with Crippen LogP contribution in [0.15, 0.2) is 48.5 Å². The summed E-state index contributed by atoms with van der Waals surface area (Å²) >= 11 is 0. The first-order valence-electron chi connectivity index (χ1n) is 5.75. The topological polar surface area (TPSA) is 35.5 Å². The Morgan fingerprint density at radius 2 is 1.89 bits per heavy atom. The molecule has 0 atom stereocenters. The van der Waals surface area contributed by atoms with Gasteiger partial charge in [-0.1, -0.05) is 30.3 Å². The van der Waals surface area contributed by atoms with Gasteiger partial charge in [-0.2, -0.15) is 0 Å². The van der Waals surface area contributed by atoms with E-state index in [1.807, 2.05) is 30.3 Å². The zero-order valence-electron chi connectivity index (χ0n) is 10.4. The molecule has 0 aliphatic carbocycles. The molecule has 19 heavy (non-hydrogen) atoms. The highest BCUT2D eigenvalue weighted by Crippen LogP contribution is 2.21. The van der Waals surface area contributed by atoms with E-state index in [1.54, 1.807) is 0 Å². The molecule has 0 spiro atoms. The molecule has 0 fully saturated rings. The summed E-state index contributed by atoms with van der Waals surface area (Å²) in [5.74, 6) is -0.827. The van der Waals surface area contributed by atoms with Crippen molar-refractivity contribution in [3.63, 3.8) is 0 Å². The monoisotopic (exact) mass is 260 g/mol. The second kappa shape index (κ2) is 6.00. The summed E-state index contributed by atoms with van der Waals surface area (Å²) in [5.41, 5.74) is 1.04. The largest absolute Gasteiger partial charge is 0.488 e. The van der Waals surface area contributed by atoms with Crippen molar-refractivity contribution in [3.8, 4) is 5.75 Å². The van der Waals surface area contributed by atoms with Crippen molar-refractivity contribution < 1.29 is 18.7 Å². The summed E-state index contributed by atoms with van der Waals surface area (Å²) < 4.78 is 23.3. The number of benzene rings is 2. The third kappa shape index (κ3) is 3.31. The van der Waals surface area contributed by atoms with E-state index in [9.17, 15) is 9.18 Å². The van der Waals surface area contributed by atoms with Crippen molar-refractivity contribution >= 4 is 5.97 Å². The van der Waals surface area contributed by atoms with Crippen molar-refractivity contribution in [2.75, 3.05) is 7.11 Å². The SMILES string of the molecule is COC(=O)c1cc(F)ccc1OCc1ccccc1. The van der Waals surface area contributed by atoms with Gasteiger partial charge in [0.15, 0.2) is 0 Å². The molecule has 98 valence electrons. The van der Waals surface area contributed by atoms with Crippen LogP contribution in [0, 0.1) is 5.82 Å². The van der Waals surface area contributed by atoms with Gasteiger partial charge in [-0.15, -0.1) is 0 Å². The third-order valence-electron chi connectivity index (χ3n) is 2.58. The second-order valence-electron chi connectivity index (χ2n) is 3.91. The quantitative estimate of drug-likeness (QED) is 0.792. The molecular formula is C15H13FO3. The Hall–Kier alpha value is -2.36. The summed E-state index contributed by atoms with van der Waals surface area (Å²) in [6, 6.07) is 13.3. The Morgan fingerprint density at radius 1 is 1.16 bits per heavy atom. The predicted molar refractivity (Wildman–Crippen MR) is 68.5 cm³/mol. The van der Waals surface area contributed by atoms with Gasteiger partial charge >= 0.3 is 5.97 Å². The van der Waals surface area contributed by atoms with Gasteiger partial charge in [-0.25, -0.2) is 9.18 Å². The molecule has 0 bridgehead atoms. The highest BCUT2D eigenvalue weighted by atomic mass is 19.1. The molecule has 0 amide bonds. The Bertz CT molecular complexity index is 567. The van der Waals surface area contributed by atoms with Gasteiger partial charge in [-0.3, -0.25) is 0 Å². The number of carbonyl (C=O) groups excluding carboxylic acids is 1. The Morgan fingerprint density at radius 3 is 2.58 bits per heavy atom. The average Bonchev–Trinajstić information content (AvgIpc) is 2.46. The van der Waals surface area contributed by atoms with Crippen LogP contribution in [0.4, 0.5) is 4.39 Å². The number of rotatable bonds is 4. The van der Waals surface area contributed by atoms with Gasteiger partial charge in [0, 0.05) is 0 Å². The maximum Gasteiger partial charge on any atom is 0.341 e. The van der Waals surface area contributed by atoms with Crippen molar-refractivity contribution in [3.05, 3.63) is 65.5 Å². The van der Waals surface area contributed by atoms with E-state index < -0.39 is 11.8 Å². The summed E-state index contributed by atoms with van der Waals surface area (Å²) in [6.07, 6.45) is 0. The van der Waals surface area contributed by atoms with Gasteiger partial charge < -0.3 is 9.47 Å². The standard InChI is InChI=1S/C15H13FO3/c1-18-15(17)13-9-12(16)7-8-14(13)19-10-11-5-3-2-4-6-11/h2-9H,10H2,1H3. The van der Waals surface area contributed by atoms with Gasteiger partial charge in [0.05, 0.1) is 7.11 Å². The number of methoxy groups -OCH3 is 1. The number of ether oxygens (including phenoxy) is 2. The average molecular weight is 260 g/mol. The van der Waals surface area contributed by atoms with E-state index in [2.05, 4.69) is 4.74 Å². The maximum absolute atomic E-state index is 13.1. The zero-order valence-corrected chi connectivity index (χ0v) is 10.4. The van der Waals surface area contributed by atoms with Crippen LogP contribution in [-0.4, -0.2) is 13.1 Å². The molecule has 0 unspecified atom stereocenters. The Kier molecular flexibility index (Phi) is 4.13. The lowest BCUT2D eigenvalue weighted by Gasteiger charge is -2.10. The molecule has 0 aliphatic heterocycles. The lowest BCUT2D eigenvalue weighted by molar-refractivity contribution is 0.0595. The number of esters is 1. The van der Waals surface area contributed by atoms with Crippen LogP contribution >= 0.6 is 0 Å². The summed E-state index contributed by atoms with van der Waals surface area (Å²) in [7, 11) is 1.24. The maximum atomic E-state index is 13.1. The van der Waals surface area contributed by atoms with Crippen molar-refractivity contribution in [2.45, 2.75) is 6.61 Å². The fraction of sp³-hybridized carbons (Fsp3) is 0.133. The highest BCUT2D eigenvalue weighted by Gasteiger charge is 2.14. The molecule has 0 saturated heterocycles. The Labute approximate surface area is 110 Å². The van der Waals surface area contributed by atoms with Crippen LogP contribution in [0.2, 0.25) is 0 Å². The Balaban J connectivity index is 2.18. The van der Waals surface area contributed by atoms with Crippen LogP contribution in [0.3, 0.4) is 0 Å². The molecule has 2 aromatic rings. The fourth-order valence-corrected chi connectivity index (χ4v) is 1.63. The van der Waals surface area contributed by atoms with E-state index >= 15 is 0 Å². The first-order chi connectivity index (χ1) is 9.20. The summed E-state index contributed by atoms with van der Waals surface area (Å²) in [4.78, 5) is 11.5. The van der Waals surface area contributed by atoms with Gasteiger partial charge in [-0.05, 0) is 23.8 Å². The lowest BCUT2D eigenvalue weighted by atomic mass is 10.2. The number of hydrogen-bond donors (Lipinski definition) is 0. The van der Waals surface area contributed by atoms with Crippen LogP contribution in [0.5, 0.6) is 5.75 Å². The molecule has 2 rings (SSSR count). The van der Waals surface area contributed by atoms with E-state index in [0.717, 1.165) is 11.6 Å². The molecule has 3 nitrogen and oxygen atoms in total. The summed E-state index contributed by atoms with van der Waals surface area (Å²) in [5, 5.41) is 0. The minimum absolute atomic E-state index is 0.0819. The van der Waals surface area contributed by atoms with Crippen LogP contribution < -0.4 is 4.74 Å². The van der Waals surface area contributed by atoms with Crippen LogP contribution in [0.25, 0.3) is 0 Å². The van der Waals surface area contributed by atoms with E-state index in [1.165, 1.54) is 19.2 Å². The number of hydrogen-bond acceptors (Lipinski definition) is 3. The lowest BCUT2D eigenvalue weighted by Crippen LogP contribution is -2.06. The molecule has 0 N–H and O–H groups in total. The highest BCUT2D eigenvalue weighted by molar-refractivity contribution is 5.92. The van der Waals surface area contributed by atoms with E-state index in [0.29, 0.717) is 12.4 Å². The summed E-state index contributed by atoms with van der Waals surface area (Å²) in [6.45, 7) is 0.302. The third-order valence-corrected chi connectivity index (χ3v) is 2.58. The molecule has 0 radical (unpaired) electrons. The molecule has 0 heterocycles. The molecule has 2 aromatic carbocycles. The molecule has 4 heteroatoms. The molecule has 0 aromatic heterocycles.